The van der Waals surface area contributed by atoms with Crippen molar-refractivity contribution in [2.75, 3.05) is 0 Å². The zero-order chi connectivity index (χ0) is 62.9. The topological polar surface area (TPSA) is 269 Å². The van der Waals surface area contributed by atoms with Crippen molar-refractivity contribution in [2.24, 2.45) is 0 Å². The number of amidine groups is 4. The number of hydrogen-bond donors (Lipinski definition) is 4. The van der Waals surface area contributed by atoms with Gasteiger partial charge in [0.25, 0.3) is 0 Å². The van der Waals surface area contributed by atoms with E-state index in [0.717, 1.165) is 22.3 Å². The minimum Gasteiger partial charge on any atom is -1.00 e. The molecule has 4 aromatic carbocycles. The molecule has 0 saturated carbocycles. The van der Waals surface area contributed by atoms with Gasteiger partial charge < -0.3 is 93.7 Å². The fourth-order valence-corrected chi connectivity index (χ4v) is 48.9. The molecule has 0 radical (unpaired) electrons. The minimum atomic E-state index is -1.66. The summed E-state index contributed by atoms with van der Waals surface area (Å²) in [5.41, 5.74) is 3.64. The zero-order valence-corrected chi connectivity index (χ0v) is 66.7. The number of carbonyl (C=O) groups is 4. The van der Waals surface area contributed by atoms with E-state index in [2.05, 4.69) is 174 Å². The van der Waals surface area contributed by atoms with Gasteiger partial charge in [-0.3, -0.25) is 21.6 Å². The second kappa shape index (κ2) is 33.5. The molecule has 0 atom stereocenters. The third-order valence-corrected chi connectivity index (χ3v) is 40.5. The SMILES string of the molecule is C[Si](C)(C)N(C(=N)c1ccc(C(=O)[O-])cc1)[Si](C)(C)C.C[Si](C)(C)N(C(=N)c1ccc(C(=O)[O-])cc1)[Si](C)(C)C.C[Si](C)(C)N(C(=N)c1ccc(C(=O)[O-])cc1)[Si](C)(C)C.C[Si](C)(C)N(C(=N)c1ccc(C(=O)[O-])cc1)[Si](C)(C)C.[Cl-].[Cl-].[Cl-].[Zr]. The van der Waals surface area contributed by atoms with Gasteiger partial charge in [0.1, 0.15) is 89.2 Å². The van der Waals surface area contributed by atoms with E-state index in [1.165, 1.54) is 48.5 Å². The number of carboxylic acids is 4. The van der Waals surface area contributed by atoms with Crippen molar-refractivity contribution < 1.29 is 103 Å². The first kappa shape index (κ1) is 86.6. The molecule has 0 spiro atoms. The van der Waals surface area contributed by atoms with Crippen LogP contribution < -0.4 is 57.6 Å². The Kier molecular flexibility index (Phi) is 34.5. The van der Waals surface area contributed by atoms with Crippen molar-refractivity contribution in [1.29, 1.82) is 21.6 Å². The van der Waals surface area contributed by atoms with E-state index >= 15 is 0 Å². The van der Waals surface area contributed by atoms with Crippen LogP contribution in [0.2, 0.25) is 157 Å². The van der Waals surface area contributed by atoms with Gasteiger partial charge in [-0.15, -0.1) is 0 Å². The van der Waals surface area contributed by atoms with Crippen LogP contribution in [-0.2, 0) is 26.2 Å². The van der Waals surface area contributed by atoms with Crippen LogP contribution in [0.3, 0.4) is 0 Å². The molecule has 4 N–H and O–H groups in total. The maximum atomic E-state index is 10.8. The van der Waals surface area contributed by atoms with E-state index < -0.39 is 89.8 Å². The second-order valence-corrected chi connectivity index (χ2v) is 67.7. The molecule has 0 fully saturated rings. The van der Waals surface area contributed by atoms with Gasteiger partial charge in [0.15, 0.2) is 0 Å². The van der Waals surface area contributed by atoms with E-state index in [1.54, 1.807) is 48.5 Å². The number of nitrogens with one attached hydrogen (secondary N) is 4. The summed E-state index contributed by atoms with van der Waals surface area (Å²) < 4.78 is 9.20. The Bertz CT molecular complexity index is 2410. The predicted molar refractivity (Wildman–Crippen MR) is 345 cm³/mol. The average molecular weight is 1430 g/mol. The number of benzene rings is 4. The Morgan fingerprint density at radius 1 is 0.250 bits per heavy atom. The normalized spacial score (nSPS) is 11.5. The van der Waals surface area contributed by atoms with Crippen LogP contribution in [0.15, 0.2) is 97.1 Å². The second-order valence-electron chi connectivity index (χ2n) is 27.6. The number of halogens is 3. The summed E-state index contributed by atoms with van der Waals surface area (Å²) in [6.07, 6.45) is 0. The van der Waals surface area contributed by atoms with Crippen LogP contribution >= 0.6 is 0 Å². The fourth-order valence-electron chi connectivity index (χ4n) is 10.3. The first-order valence-corrected chi connectivity index (χ1v) is 54.2. The Hall–Kier alpha value is -3.87. The van der Waals surface area contributed by atoms with Crippen LogP contribution in [0.1, 0.15) is 63.7 Å². The monoisotopic (exact) mass is 1420 g/mol. The van der Waals surface area contributed by atoms with Crippen LogP contribution in [-0.4, -0.2) is 130 Å². The molecule has 0 heterocycles. The maximum absolute atomic E-state index is 10.8. The van der Waals surface area contributed by atoms with Crippen LogP contribution in [0.25, 0.3) is 0 Å². The number of rotatable bonds is 16. The number of aromatic carboxylic acids is 4. The summed E-state index contributed by atoms with van der Waals surface area (Å²) in [5, 5.41) is 77.1. The maximum Gasteiger partial charge on any atom is 0.139 e. The van der Waals surface area contributed by atoms with Crippen molar-refractivity contribution >= 4 is 113 Å². The summed E-state index contributed by atoms with van der Waals surface area (Å²) in [7, 11) is -13.3. The third-order valence-electron chi connectivity index (χ3n) is 11.8. The van der Waals surface area contributed by atoms with Gasteiger partial charge in [0.05, 0.1) is 23.9 Å². The Labute approximate surface area is 548 Å². The standard InChI is InChI=1S/4C14H24N2O2Si2.3ClH.Zr/c4*1-19(2,3)16(20(4,5)6)13(15)11-7-9-12(10-8-11)14(17)18;;;;/h4*7-10,15H,1-6H3,(H,17,18);3*1H;/p-7. The molecular weight excluding hydrogens is 1330 g/mol. The van der Waals surface area contributed by atoms with E-state index in [4.69, 9.17) is 21.6 Å². The molecule has 16 nitrogen and oxygen atoms in total. The predicted octanol–water partition coefficient (Wildman–Crippen LogP) is 0.399. The Balaban J connectivity index is -0.000000500. The molecule has 0 aliphatic heterocycles. The van der Waals surface area contributed by atoms with Crippen molar-refractivity contribution in [1.82, 2.24) is 16.9 Å². The average Bonchev–Trinajstić information content (AvgIpc) is 3.26. The number of carbonyl (C=O) groups excluding carboxylic acids is 4. The number of carboxylic acid groups (broad SMARTS) is 4. The van der Waals surface area contributed by atoms with Crippen molar-refractivity contribution in [3.8, 4) is 0 Å². The molecule has 0 unspecified atom stereocenters. The Morgan fingerprint density at radius 3 is 0.405 bits per heavy atom. The van der Waals surface area contributed by atoms with Gasteiger partial charge in [0, 0.05) is 48.5 Å². The van der Waals surface area contributed by atoms with Crippen LogP contribution in [0.5, 0.6) is 0 Å². The molecule has 4 aromatic rings. The molecule has 0 saturated heterocycles. The van der Waals surface area contributed by atoms with Gasteiger partial charge in [-0.05, 0) is 22.3 Å². The quantitative estimate of drug-likeness (QED) is 0.0675. The summed E-state index contributed by atoms with van der Waals surface area (Å²) in [5.74, 6) is -2.71. The third kappa shape index (κ3) is 26.6. The van der Waals surface area contributed by atoms with Gasteiger partial charge >= 0.3 is 0 Å². The molecule has 468 valence electrons. The van der Waals surface area contributed by atoms with Crippen LogP contribution in [0.4, 0.5) is 0 Å². The summed E-state index contributed by atoms with van der Waals surface area (Å²) in [6.45, 7) is 53.6. The van der Waals surface area contributed by atoms with E-state index in [0.29, 0.717) is 23.3 Å². The largest absolute Gasteiger partial charge is 1.00 e. The van der Waals surface area contributed by atoms with E-state index in [-0.39, 0.29) is 85.7 Å². The molecule has 28 heteroatoms. The molecule has 0 amide bonds. The van der Waals surface area contributed by atoms with Gasteiger partial charge in [-0.1, -0.05) is 254 Å². The van der Waals surface area contributed by atoms with Crippen LogP contribution in [0, 0.1) is 21.6 Å². The van der Waals surface area contributed by atoms with Gasteiger partial charge in [-0.25, -0.2) is 0 Å². The number of nitrogens with zero attached hydrogens (tertiary/aromatic N) is 4. The fraction of sp³-hybridized carbons (Fsp3) is 0.429. The molecule has 4 rings (SSSR count). The summed E-state index contributed by atoms with van der Waals surface area (Å²) in [4.78, 5) is 43.1. The zero-order valence-electron chi connectivity index (χ0n) is 53.9. The summed E-state index contributed by atoms with van der Waals surface area (Å²) >= 11 is 0. The molecule has 84 heavy (non-hydrogen) atoms. The molecule has 0 aromatic heterocycles. The smallest absolute Gasteiger partial charge is 0.139 e. The molecular formula is C56H92Cl3N8O8Si8Zr-7. The molecule has 0 aliphatic carbocycles. The van der Waals surface area contributed by atoms with Crippen molar-refractivity contribution in [3.63, 3.8) is 0 Å². The summed E-state index contributed by atoms with van der Waals surface area (Å²) in [6, 6.07) is 25.6. The first-order chi connectivity index (χ1) is 35.8. The van der Waals surface area contributed by atoms with Crippen molar-refractivity contribution in [3.05, 3.63) is 142 Å². The molecule has 0 aliphatic rings. The van der Waals surface area contributed by atoms with E-state index in [1.807, 2.05) is 0 Å². The number of hydrogen-bond acceptors (Lipinski definition) is 12. The van der Waals surface area contributed by atoms with Crippen molar-refractivity contribution in [2.45, 2.75) is 157 Å². The molecule has 0 bridgehead atoms. The first-order valence-electron chi connectivity index (χ1n) is 26.6. The van der Waals surface area contributed by atoms with Gasteiger partial charge in [0.2, 0.25) is 0 Å². The van der Waals surface area contributed by atoms with E-state index in [9.17, 15) is 39.6 Å². The minimum absolute atomic E-state index is 0. The Morgan fingerprint density at radius 2 is 0.333 bits per heavy atom. The van der Waals surface area contributed by atoms with Gasteiger partial charge in [-0.2, -0.15) is 0 Å².